The SMILES string of the molecule is CCN(CC)S(=O)(=O)c1ccc2c(c1)CCN2C(=O)C1CCC1. The van der Waals surface area contributed by atoms with Crippen LogP contribution in [0.1, 0.15) is 38.7 Å². The van der Waals surface area contributed by atoms with Gasteiger partial charge in [-0.25, -0.2) is 8.42 Å². The maximum absolute atomic E-state index is 12.6. The Morgan fingerprint density at radius 2 is 1.96 bits per heavy atom. The van der Waals surface area contributed by atoms with E-state index in [2.05, 4.69) is 0 Å². The van der Waals surface area contributed by atoms with E-state index in [0.717, 1.165) is 36.9 Å². The van der Waals surface area contributed by atoms with Crippen molar-refractivity contribution < 1.29 is 13.2 Å². The molecule has 0 saturated heterocycles. The highest BCUT2D eigenvalue weighted by molar-refractivity contribution is 7.89. The maximum Gasteiger partial charge on any atom is 0.243 e. The molecular formula is C17H24N2O3S. The second kappa shape index (κ2) is 6.24. The van der Waals surface area contributed by atoms with Crippen LogP contribution in [0.3, 0.4) is 0 Å². The van der Waals surface area contributed by atoms with E-state index in [-0.39, 0.29) is 11.8 Å². The van der Waals surface area contributed by atoms with Crippen LogP contribution >= 0.6 is 0 Å². The van der Waals surface area contributed by atoms with Gasteiger partial charge in [0.15, 0.2) is 0 Å². The number of hydrogen-bond donors (Lipinski definition) is 0. The first-order valence-corrected chi connectivity index (χ1v) is 9.87. The van der Waals surface area contributed by atoms with Gasteiger partial charge in [-0.3, -0.25) is 4.79 Å². The number of carbonyl (C=O) groups excluding carboxylic acids is 1. The first kappa shape index (κ1) is 16.5. The molecule has 1 amide bonds. The summed E-state index contributed by atoms with van der Waals surface area (Å²) in [5.41, 5.74) is 1.85. The van der Waals surface area contributed by atoms with Crippen molar-refractivity contribution in [2.24, 2.45) is 5.92 Å². The summed E-state index contributed by atoms with van der Waals surface area (Å²) in [5, 5.41) is 0. The van der Waals surface area contributed by atoms with Gasteiger partial charge in [-0.15, -0.1) is 0 Å². The Kier molecular flexibility index (Phi) is 4.47. The summed E-state index contributed by atoms with van der Waals surface area (Å²) in [4.78, 5) is 14.6. The van der Waals surface area contributed by atoms with Gasteiger partial charge in [-0.2, -0.15) is 4.31 Å². The van der Waals surface area contributed by atoms with Gasteiger partial charge >= 0.3 is 0 Å². The highest BCUT2D eigenvalue weighted by atomic mass is 32.2. The molecule has 2 aliphatic rings. The first-order chi connectivity index (χ1) is 11.0. The standard InChI is InChI=1S/C17H24N2O3S/c1-3-18(4-2)23(21,22)15-8-9-16-14(12-15)10-11-19(16)17(20)13-6-5-7-13/h8-9,12-13H,3-7,10-11H2,1-2H3. The number of benzene rings is 1. The molecular weight excluding hydrogens is 312 g/mol. The lowest BCUT2D eigenvalue weighted by Gasteiger charge is -2.29. The minimum Gasteiger partial charge on any atom is -0.312 e. The maximum atomic E-state index is 12.6. The number of carbonyl (C=O) groups is 1. The van der Waals surface area contributed by atoms with Crippen LogP contribution in [0.15, 0.2) is 23.1 Å². The number of rotatable bonds is 5. The van der Waals surface area contributed by atoms with E-state index in [9.17, 15) is 13.2 Å². The third-order valence-electron chi connectivity index (χ3n) is 5.01. The van der Waals surface area contributed by atoms with Crippen molar-refractivity contribution in [3.05, 3.63) is 23.8 Å². The third kappa shape index (κ3) is 2.78. The highest BCUT2D eigenvalue weighted by Crippen LogP contribution is 2.35. The molecule has 1 fully saturated rings. The van der Waals surface area contributed by atoms with Gasteiger partial charge in [-0.1, -0.05) is 20.3 Å². The summed E-state index contributed by atoms with van der Waals surface area (Å²) >= 11 is 0. The Morgan fingerprint density at radius 1 is 1.26 bits per heavy atom. The van der Waals surface area contributed by atoms with Gasteiger partial charge in [0.2, 0.25) is 15.9 Å². The molecule has 0 aromatic heterocycles. The van der Waals surface area contributed by atoms with Crippen LogP contribution in [0.5, 0.6) is 0 Å². The third-order valence-corrected chi connectivity index (χ3v) is 7.06. The van der Waals surface area contributed by atoms with Gasteiger partial charge in [0, 0.05) is 31.2 Å². The van der Waals surface area contributed by atoms with E-state index in [0.29, 0.717) is 24.5 Å². The summed E-state index contributed by atoms with van der Waals surface area (Å²) in [6.07, 6.45) is 3.84. The van der Waals surface area contributed by atoms with Gasteiger partial charge in [0.25, 0.3) is 0 Å². The molecule has 0 radical (unpaired) electrons. The number of amides is 1. The molecule has 0 N–H and O–H groups in total. The van der Waals surface area contributed by atoms with Crippen molar-refractivity contribution in [1.82, 2.24) is 4.31 Å². The van der Waals surface area contributed by atoms with Crippen LogP contribution in [0, 0.1) is 5.92 Å². The second-order valence-corrected chi connectivity index (χ2v) is 8.19. The number of anilines is 1. The molecule has 3 rings (SSSR count). The molecule has 0 bridgehead atoms. The number of nitrogens with zero attached hydrogens (tertiary/aromatic N) is 2. The quantitative estimate of drug-likeness (QED) is 0.830. The predicted molar refractivity (Wildman–Crippen MR) is 89.9 cm³/mol. The molecule has 1 aliphatic carbocycles. The molecule has 1 aliphatic heterocycles. The van der Waals surface area contributed by atoms with Crippen molar-refractivity contribution in [2.45, 2.75) is 44.4 Å². The average molecular weight is 336 g/mol. The number of hydrogen-bond acceptors (Lipinski definition) is 3. The summed E-state index contributed by atoms with van der Waals surface area (Å²) < 4.78 is 26.7. The molecule has 1 aromatic rings. The lowest BCUT2D eigenvalue weighted by molar-refractivity contribution is -0.124. The van der Waals surface area contributed by atoms with Crippen LogP contribution in [0.25, 0.3) is 0 Å². The van der Waals surface area contributed by atoms with E-state index in [1.54, 1.807) is 18.2 Å². The van der Waals surface area contributed by atoms with E-state index in [1.807, 2.05) is 18.7 Å². The first-order valence-electron chi connectivity index (χ1n) is 8.43. The average Bonchev–Trinajstić information content (AvgIpc) is 2.89. The molecule has 1 heterocycles. The second-order valence-electron chi connectivity index (χ2n) is 6.25. The van der Waals surface area contributed by atoms with E-state index in [1.165, 1.54) is 4.31 Å². The fourth-order valence-electron chi connectivity index (χ4n) is 3.36. The predicted octanol–water partition coefficient (Wildman–Crippen LogP) is 2.41. The van der Waals surface area contributed by atoms with Crippen LogP contribution in [0.2, 0.25) is 0 Å². The number of sulfonamides is 1. The molecule has 6 heteroatoms. The Balaban J connectivity index is 1.88. The zero-order valence-corrected chi connectivity index (χ0v) is 14.6. The molecule has 0 spiro atoms. The van der Waals surface area contributed by atoms with Gasteiger partial charge < -0.3 is 4.90 Å². The van der Waals surface area contributed by atoms with Gasteiger partial charge in [-0.05, 0) is 43.0 Å². The van der Waals surface area contributed by atoms with Crippen LogP contribution in [-0.2, 0) is 21.2 Å². The van der Waals surface area contributed by atoms with E-state index in [4.69, 9.17) is 0 Å². The normalized spacial score (nSPS) is 18.1. The Morgan fingerprint density at radius 3 is 2.52 bits per heavy atom. The summed E-state index contributed by atoms with van der Waals surface area (Å²) in [5.74, 6) is 0.370. The zero-order chi connectivity index (χ0) is 16.6. The van der Waals surface area contributed by atoms with Crippen molar-refractivity contribution >= 4 is 21.6 Å². The number of fused-ring (bicyclic) bond motifs is 1. The summed E-state index contributed by atoms with van der Waals surface area (Å²) in [6, 6.07) is 5.19. The molecule has 0 atom stereocenters. The Bertz CT molecular complexity index is 707. The summed E-state index contributed by atoms with van der Waals surface area (Å²) in [7, 11) is -3.44. The Labute approximate surface area is 138 Å². The van der Waals surface area contributed by atoms with Crippen molar-refractivity contribution in [2.75, 3.05) is 24.5 Å². The van der Waals surface area contributed by atoms with Crippen LogP contribution in [-0.4, -0.2) is 38.3 Å². The lowest BCUT2D eigenvalue weighted by Crippen LogP contribution is -2.37. The van der Waals surface area contributed by atoms with Gasteiger partial charge in [0.05, 0.1) is 4.90 Å². The molecule has 0 unspecified atom stereocenters. The highest BCUT2D eigenvalue weighted by Gasteiger charge is 2.34. The molecule has 23 heavy (non-hydrogen) atoms. The fraction of sp³-hybridized carbons (Fsp3) is 0.588. The molecule has 5 nitrogen and oxygen atoms in total. The van der Waals surface area contributed by atoms with Gasteiger partial charge in [0.1, 0.15) is 0 Å². The summed E-state index contributed by atoms with van der Waals surface area (Å²) in [6.45, 7) is 5.27. The fourth-order valence-corrected chi connectivity index (χ4v) is 4.86. The van der Waals surface area contributed by atoms with Crippen molar-refractivity contribution in [1.29, 1.82) is 0 Å². The largest absolute Gasteiger partial charge is 0.312 e. The lowest BCUT2D eigenvalue weighted by atomic mass is 9.84. The topological polar surface area (TPSA) is 57.7 Å². The van der Waals surface area contributed by atoms with E-state index < -0.39 is 10.0 Å². The van der Waals surface area contributed by atoms with Crippen LogP contribution in [0.4, 0.5) is 5.69 Å². The molecule has 1 aromatic carbocycles. The van der Waals surface area contributed by atoms with Crippen LogP contribution < -0.4 is 4.90 Å². The van der Waals surface area contributed by atoms with Crippen molar-refractivity contribution in [3.63, 3.8) is 0 Å². The zero-order valence-electron chi connectivity index (χ0n) is 13.8. The monoisotopic (exact) mass is 336 g/mol. The molecule has 126 valence electrons. The van der Waals surface area contributed by atoms with E-state index >= 15 is 0 Å². The minimum atomic E-state index is -3.44. The van der Waals surface area contributed by atoms with Crippen molar-refractivity contribution in [3.8, 4) is 0 Å². The smallest absolute Gasteiger partial charge is 0.243 e. The Hall–Kier alpha value is -1.40. The molecule has 1 saturated carbocycles. The minimum absolute atomic E-state index is 0.167.